The number of aliphatic imine (C=N–C) groups is 1. The Morgan fingerprint density at radius 1 is 0.903 bits per heavy atom. The molecule has 0 bridgehead atoms. The van der Waals surface area contributed by atoms with Crippen molar-refractivity contribution in [3.8, 4) is 16.9 Å². The number of likely N-dealkylation sites (N-methyl/N-ethyl adjacent to an activating group) is 1. The summed E-state index contributed by atoms with van der Waals surface area (Å²) < 4.78 is 5.27. The van der Waals surface area contributed by atoms with Crippen LogP contribution in [0.4, 0.5) is 5.69 Å². The van der Waals surface area contributed by atoms with E-state index in [-0.39, 0.29) is 12.4 Å². The smallest absolute Gasteiger partial charge is 0.118 e. The zero-order valence-corrected chi connectivity index (χ0v) is 19.6. The molecule has 0 fully saturated rings. The first-order valence-electron chi connectivity index (χ1n) is 9.73. The molecule has 3 aromatic rings. The van der Waals surface area contributed by atoms with E-state index in [0.717, 1.165) is 46.8 Å². The van der Waals surface area contributed by atoms with Gasteiger partial charge in [0.15, 0.2) is 0 Å². The molecule has 0 aliphatic carbocycles. The number of nitrogens with zero attached hydrogens (tertiary/aromatic N) is 2. The van der Waals surface area contributed by atoms with Gasteiger partial charge in [0.1, 0.15) is 5.75 Å². The van der Waals surface area contributed by atoms with Gasteiger partial charge in [0.25, 0.3) is 0 Å². The van der Waals surface area contributed by atoms with Crippen molar-refractivity contribution in [2.75, 3.05) is 32.1 Å². The van der Waals surface area contributed by atoms with E-state index < -0.39 is 0 Å². The number of rotatable bonds is 4. The van der Waals surface area contributed by atoms with Crippen LogP contribution in [0.1, 0.15) is 11.1 Å². The van der Waals surface area contributed by atoms with Crippen LogP contribution in [-0.4, -0.2) is 33.0 Å². The average molecular weight is 474 g/mol. The SMILES string of the molecule is COc1ccc(-c2ccc3c(c2)N(C)CCN=C3/C=C/c2ccc(Cl)c(Cl)c2)cc1.Cl. The molecule has 1 aliphatic heterocycles. The molecule has 4 rings (SSSR count). The molecular weight excluding hydrogens is 451 g/mol. The van der Waals surface area contributed by atoms with Crippen molar-refractivity contribution in [1.82, 2.24) is 0 Å². The minimum absolute atomic E-state index is 0. The fraction of sp³-hybridized carbons (Fsp3) is 0.160. The molecule has 0 radical (unpaired) electrons. The van der Waals surface area contributed by atoms with Gasteiger partial charge in [-0.3, -0.25) is 4.99 Å². The zero-order valence-electron chi connectivity index (χ0n) is 17.3. The predicted molar refractivity (Wildman–Crippen MR) is 136 cm³/mol. The summed E-state index contributed by atoms with van der Waals surface area (Å²) in [6.45, 7) is 1.60. The summed E-state index contributed by atoms with van der Waals surface area (Å²) in [6, 6.07) is 20.3. The molecule has 6 heteroatoms. The van der Waals surface area contributed by atoms with E-state index in [9.17, 15) is 0 Å². The van der Waals surface area contributed by atoms with Crippen molar-refractivity contribution >= 4 is 53.1 Å². The molecule has 0 N–H and O–H groups in total. The molecule has 3 aromatic carbocycles. The lowest BCUT2D eigenvalue weighted by Crippen LogP contribution is -2.20. The summed E-state index contributed by atoms with van der Waals surface area (Å²) in [4.78, 5) is 7.06. The summed E-state index contributed by atoms with van der Waals surface area (Å²) in [6.07, 6.45) is 4.07. The molecule has 0 saturated heterocycles. The van der Waals surface area contributed by atoms with Crippen LogP contribution < -0.4 is 9.64 Å². The van der Waals surface area contributed by atoms with Gasteiger partial charge in [-0.2, -0.15) is 0 Å². The topological polar surface area (TPSA) is 24.8 Å². The number of methoxy groups -OCH3 is 1. The van der Waals surface area contributed by atoms with Crippen LogP contribution in [0.15, 0.2) is 71.7 Å². The van der Waals surface area contributed by atoms with Crippen molar-refractivity contribution in [3.05, 3.63) is 87.9 Å². The Morgan fingerprint density at radius 3 is 2.35 bits per heavy atom. The third-order valence-corrected chi connectivity index (χ3v) is 5.94. The van der Waals surface area contributed by atoms with E-state index in [2.05, 4.69) is 42.3 Å². The lowest BCUT2D eigenvalue weighted by Gasteiger charge is -2.20. The highest BCUT2D eigenvalue weighted by Crippen LogP contribution is 2.31. The number of fused-ring (bicyclic) bond motifs is 1. The molecule has 0 spiro atoms. The van der Waals surface area contributed by atoms with Crippen LogP contribution in [0.25, 0.3) is 17.2 Å². The summed E-state index contributed by atoms with van der Waals surface area (Å²) >= 11 is 12.2. The molecule has 0 atom stereocenters. The van der Waals surface area contributed by atoms with Crippen LogP contribution in [0.2, 0.25) is 10.0 Å². The summed E-state index contributed by atoms with van der Waals surface area (Å²) in [5.74, 6) is 0.854. The largest absolute Gasteiger partial charge is 0.497 e. The van der Waals surface area contributed by atoms with Gasteiger partial charge in [0, 0.05) is 24.8 Å². The average Bonchev–Trinajstić information content (AvgIpc) is 2.93. The van der Waals surface area contributed by atoms with E-state index in [1.807, 2.05) is 36.4 Å². The summed E-state index contributed by atoms with van der Waals surface area (Å²) in [5, 5.41) is 1.10. The maximum absolute atomic E-state index is 6.15. The van der Waals surface area contributed by atoms with Crippen molar-refractivity contribution in [2.24, 2.45) is 4.99 Å². The molecule has 0 aromatic heterocycles. The van der Waals surface area contributed by atoms with E-state index in [1.165, 1.54) is 5.69 Å². The monoisotopic (exact) mass is 472 g/mol. The first kappa shape index (κ1) is 23.2. The van der Waals surface area contributed by atoms with Gasteiger partial charge < -0.3 is 9.64 Å². The predicted octanol–water partition coefficient (Wildman–Crippen LogP) is 7.04. The van der Waals surface area contributed by atoms with Crippen molar-refractivity contribution < 1.29 is 4.74 Å². The Kier molecular flexibility index (Phi) is 7.66. The van der Waals surface area contributed by atoms with Gasteiger partial charge in [0.05, 0.1) is 29.4 Å². The first-order valence-corrected chi connectivity index (χ1v) is 10.5. The van der Waals surface area contributed by atoms with Crippen LogP contribution in [0.5, 0.6) is 5.75 Å². The van der Waals surface area contributed by atoms with E-state index >= 15 is 0 Å². The highest BCUT2D eigenvalue weighted by atomic mass is 35.5. The normalized spacial score (nSPS) is 13.3. The van der Waals surface area contributed by atoms with Crippen LogP contribution in [0.3, 0.4) is 0 Å². The van der Waals surface area contributed by atoms with Crippen LogP contribution in [0, 0.1) is 0 Å². The molecule has 0 amide bonds. The lowest BCUT2D eigenvalue weighted by molar-refractivity contribution is 0.415. The zero-order chi connectivity index (χ0) is 21.1. The Hall–Kier alpha value is -2.46. The second-order valence-corrected chi connectivity index (χ2v) is 7.97. The number of halogens is 3. The van der Waals surface area contributed by atoms with Crippen LogP contribution >= 0.6 is 35.6 Å². The number of ether oxygens (including phenoxy) is 1. The van der Waals surface area contributed by atoms with Gasteiger partial charge in [0.2, 0.25) is 0 Å². The van der Waals surface area contributed by atoms with Crippen molar-refractivity contribution in [3.63, 3.8) is 0 Å². The Bertz CT molecular complexity index is 1120. The minimum atomic E-state index is 0. The number of allylic oxidation sites excluding steroid dienone is 1. The van der Waals surface area contributed by atoms with Gasteiger partial charge in [-0.25, -0.2) is 0 Å². The quantitative estimate of drug-likeness (QED) is 0.406. The Labute approximate surface area is 199 Å². The number of benzene rings is 3. The highest BCUT2D eigenvalue weighted by Gasteiger charge is 2.16. The van der Waals surface area contributed by atoms with Gasteiger partial charge in [-0.1, -0.05) is 59.6 Å². The molecule has 160 valence electrons. The summed E-state index contributed by atoms with van der Waals surface area (Å²) in [5.41, 5.74) is 6.55. The Balaban J connectivity index is 0.00000272. The number of hydrogen-bond donors (Lipinski definition) is 0. The van der Waals surface area contributed by atoms with Gasteiger partial charge in [-0.05, 0) is 53.1 Å². The third kappa shape index (κ3) is 5.24. The van der Waals surface area contributed by atoms with Crippen molar-refractivity contribution in [1.29, 1.82) is 0 Å². The van der Waals surface area contributed by atoms with E-state index in [0.29, 0.717) is 10.0 Å². The molecule has 0 unspecified atom stereocenters. The first-order chi connectivity index (χ1) is 14.5. The maximum Gasteiger partial charge on any atom is 0.118 e. The molecule has 3 nitrogen and oxygen atoms in total. The fourth-order valence-electron chi connectivity index (χ4n) is 3.49. The molecule has 0 saturated carbocycles. The highest BCUT2D eigenvalue weighted by molar-refractivity contribution is 6.42. The fourth-order valence-corrected chi connectivity index (χ4v) is 3.79. The number of benzodiazepines with no additional fused rings is 1. The lowest BCUT2D eigenvalue weighted by atomic mass is 9.99. The van der Waals surface area contributed by atoms with Crippen LogP contribution in [-0.2, 0) is 0 Å². The van der Waals surface area contributed by atoms with Gasteiger partial charge >= 0.3 is 0 Å². The number of hydrogen-bond acceptors (Lipinski definition) is 3. The van der Waals surface area contributed by atoms with E-state index in [4.69, 9.17) is 32.9 Å². The molecule has 1 heterocycles. The maximum atomic E-state index is 6.15. The second-order valence-electron chi connectivity index (χ2n) is 7.16. The van der Waals surface area contributed by atoms with Gasteiger partial charge in [-0.15, -0.1) is 12.4 Å². The summed E-state index contributed by atoms with van der Waals surface area (Å²) in [7, 11) is 3.79. The van der Waals surface area contributed by atoms with Crippen molar-refractivity contribution in [2.45, 2.75) is 0 Å². The second kappa shape index (κ2) is 10.2. The molecular formula is C25H23Cl3N2O. The standard InChI is InChI=1S/C25H22Cl2N2O.ClH/c1-29-14-13-28-24(12-4-17-3-11-22(26)23(27)15-17)21-10-7-19(16-25(21)29)18-5-8-20(30-2)9-6-18;/h3-12,15-16H,13-14H2,1-2H3;1H/b12-4+;. The molecule has 1 aliphatic rings. The minimum Gasteiger partial charge on any atom is -0.497 e. The molecule has 31 heavy (non-hydrogen) atoms. The third-order valence-electron chi connectivity index (χ3n) is 5.20. The Morgan fingerprint density at radius 2 is 1.65 bits per heavy atom. The number of anilines is 1. The van der Waals surface area contributed by atoms with E-state index in [1.54, 1.807) is 13.2 Å².